The SMILES string of the molecule is Cc1sc2nc(CCC(=O)NCC3(c4ccc(Cl)cc4)CCOCC3)[nH]c(=O)c2c1C. The van der Waals surface area contributed by atoms with Crippen molar-refractivity contribution in [3.63, 3.8) is 0 Å². The molecule has 0 unspecified atom stereocenters. The highest BCUT2D eigenvalue weighted by atomic mass is 35.5. The maximum atomic E-state index is 12.6. The van der Waals surface area contributed by atoms with E-state index in [4.69, 9.17) is 16.3 Å². The average Bonchev–Trinajstić information content (AvgIpc) is 3.05. The fourth-order valence-electron chi connectivity index (χ4n) is 4.14. The molecular weight excluding hydrogens is 434 g/mol. The van der Waals surface area contributed by atoms with E-state index >= 15 is 0 Å². The molecule has 1 aliphatic rings. The molecular formula is C23H26ClN3O3S. The summed E-state index contributed by atoms with van der Waals surface area (Å²) in [5.41, 5.74) is 1.85. The maximum absolute atomic E-state index is 12.6. The third-order valence-electron chi connectivity index (χ3n) is 6.21. The zero-order valence-electron chi connectivity index (χ0n) is 17.7. The van der Waals surface area contributed by atoms with Gasteiger partial charge in [-0.25, -0.2) is 4.98 Å². The topological polar surface area (TPSA) is 84.1 Å². The highest BCUT2D eigenvalue weighted by molar-refractivity contribution is 7.18. The van der Waals surface area contributed by atoms with Crippen molar-refractivity contribution in [2.24, 2.45) is 0 Å². The van der Waals surface area contributed by atoms with Crippen molar-refractivity contribution in [2.75, 3.05) is 19.8 Å². The first kappa shape index (κ1) is 22.0. The van der Waals surface area contributed by atoms with E-state index in [0.29, 0.717) is 42.4 Å². The van der Waals surface area contributed by atoms with Gasteiger partial charge < -0.3 is 15.0 Å². The number of benzene rings is 1. The molecule has 2 N–H and O–H groups in total. The fourth-order valence-corrected chi connectivity index (χ4v) is 5.31. The summed E-state index contributed by atoms with van der Waals surface area (Å²) < 4.78 is 5.56. The Morgan fingerprint density at radius 1 is 1.26 bits per heavy atom. The molecule has 6 nitrogen and oxygen atoms in total. The number of aromatic amines is 1. The van der Waals surface area contributed by atoms with Gasteiger partial charge in [0.25, 0.3) is 5.56 Å². The molecule has 3 heterocycles. The molecule has 1 aromatic carbocycles. The predicted molar refractivity (Wildman–Crippen MR) is 124 cm³/mol. The van der Waals surface area contributed by atoms with Crippen LogP contribution in [0.3, 0.4) is 0 Å². The lowest BCUT2D eigenvalue weighted by Gasteiger charge is -2.38. The minimum absolute atomic E-state index is 0.0545. The highest BCUT2D eigenvalue weighted by Crippen LogP contribution is 2.35. The van der Waals surface area contributed by atoms with Crippen molar-refractivity contribution in [1.29, 1.82) is 0 Å². The normalized spacial score (nSPS) is 15.8. The zero-order valence-corrected chi connectivity index (χ0v) is 19.3. The van der Waals surface area contributed by atoms with Gasteiger partial charge in [-0.3, -0.25) is 9.59 Å². The number of thiophene rings is 1. The van der Waals surface area contributed by atoms with Crippen molar-refractivity contribution in [1.82, 2.24) is 15.3 Å². The van der Waals surface area contributed by atoms with Gasteiger partial charge in [0.05, 0.1) is 5.39 Å². The Morgan fingerprint density at radius 3 is 2.68 bits per heavy atom. The van der Waals surface area contributed by atoms with Gasteiger partial charge in [-0.1, -0.05) is 23.7 Å². The van der Waals surface area contributed by atoms with Gasteiger partial charge in [0.15, 0.2) is 0 Å². The first-order chi connectivity index (χ1) is 14.9. The van der Waals surface area contributed by atoms with Crippen LogP contribution in [-0.2, 0) is 21.4 Å². The zero-order chi connectivity index (χ0) is 22.0. The Balaban J connectivity index is 1.41. The van der Waals surface area contributed by atoms with E-state index in [1.54, 1.807) is 0 Å². The van der Waals surface area contributed by atoms with Crippen LogP contribution in [0.1, 0.15) is 41.1 Å². The molecule has 0 atom stereocenters. The Kier molecular flexibility index (Phi) is 6.46. The third kappa shape index (κ3) is 4.68. The molecule has 4 rings (SSSR count). The Morgan fingerprint density at radius 2 is 1.97 bits per heavy atom. The number of fused-ring (bicyclic) bond motifs is 1. The molecule has 8 heteroatoms. The third-order valence-corrected chi connectivity index (χ3v) is 7.56. The van der Waals surface area contributed by atoms with Crippen LogP contribution in [0, 0.1) is 13.8 Å². The molecule has 1 fully saturated rings. The van der Waals surface area contributed by atoms with Crippen LogP contribution in [0.2, 0.25) is 5.02 Å². The number of amides is 1. The molecule has 1 amide bonds. The number of nitrogens with zero attached hydrogens (tertiary/aromatic N) is 1. The molecule has 2 aromatic heterocycles. The number of halogens is 1. The molecule has 1 aliphatic heterocycles. The van der Waals surface area contributed by atoms with Crippen LogP contribution in [0.25, 0.3) is 10.2 Å². The summed E-state index contributed by atoms with van der Waals surface area (Å²) in [6, 6.07) is 7.85. The first-order valence-electron chi connectivity index (χ1n) is 10.5. The van der Waals surface area contributed by atoms with Gasteiger partial charge in [0.1, 0.15) is 10.7 Å². The molecule has 0 radical (unpaired) electrons. The number of H-pyrrole nitrogens is 1. The van der Waals surface area contributed by atoms with E-state index in [-0.39, 0.29) is 23.3 Å². The standard InChI is InChI=1S/C23H26ClN3O3S/c1-14-15(2)31-22-20(14)21(29)26-18(27-22)7-8-19(28)25-13-23(9-11-30-12-10-23)16-3-5-17(24)6-4-16/h3-6H,7-13H2,1-2H3,(H,25,28)(H,26,27,29). The van der Waals surface area contributed by atoms with Crippen LogP contribution in [0.4, 0.5) is 0 Å². The average molecular weight is 460 g/mol. The number of hydrogen-bond donors (Lipinski definition) is 2. The van der Waals surface area contributed by atoms with Crippen molar-refractivity contribution >= 4 is 39.1 Å². The monoisotopic (exact) mass is 459 g/mol. The number of aromatic nitrogens is 2. The van der Waals surface area contributed by atoms with Crippen molar-refractivity contribution in [3.05, 3.63) is 61.5 Å². The number of nitrogens with one attached hydrogen (secondary N) is 2. The molecule has 0 aliphatic carbocycles. The second-order valence-corrected chi connectivity index (χ2v) is 9.79. The number of rotatable bonds is 6. The van der Waals surface area contributed by atoms with E-state index in [1.807, 2.05) is 38.1 Å². The Bertz CT molecular complexity index is 1150. The summed E-state index contributed by atoms with van der Waals surface area (Å²) in [6.45, 7) is 5.81. The van der Waals surface area contributed by atoms with Crippen LogP contribution in [0.15, 0.2) is 29.1 Å². The molecule has 0 bridgehead atoms. The summed E-state index contributed by atoms with van der Waals surface area (Å²) in [5, 5.41) is 4.45. The quantitative estimate of drug-likeness (QED) is 0.582. The van der Waals surface area contributed by atoms with E-state index in [9.17, 15) is 9.59 Å². The second-order valence-electron chi connectivity index (χ2n) is 8.15. The predicted octanol–water partition coefficient (Wildman–Crippen LogP) is 4.05. The summed E-state index contributed by atoms with van der Waals surface area (Å²) in [5.74, 6) is 0.494. The first-order valence-corrected chi connectivity index (χ1v) is 11.7. The van der Waals surface area contributed by atoms with Crippen LogP contribution in [0.5, 0.6) is 0 Å². The number of carbonyl (C=O) groups excluding carboxylic acids is 1. The molecule has 164 valence electrons. The summed E-state index contributed by atoms with van der Waals surface area (Å²) >= 11 is 7.57. The second kappa shape index (κ2) is 9.10. The van der Waals surface area contributed by atoms with Gasteiger partial charge in [-0.05, 0) is 49.9 Å². The highest BCUT2D eigenvalue weighted by Gasteiger charge is 2.34. The van der Waals surface area contributed by atoms with Gasteiger partial charge in [0.2, 0.25) is 5.91 Å². The van der Waals surface area contributed by atoms with E-state index in [1.165, 1.54) is 16.9 Å². The maximum Gasteiger partial charge on any atom is 0.259 e. The Hall–Kier alpha value is -2.22. The van der Waals surface area contributed by atoms with Gasteiger partial charge >= 0.3 is 0 Å². The Labute approximate surface area is 190 Å². The molecule has 1 saturated heterocycles. The molecule has 0 spiro atoms. The van der Waals surface area contributed by atoms with Crippen molar-refractivity contribution < 1.29 is 9.53 Å². The van der Waals surface area contributed by atoms with Crippen molar-refractivity contribution in [2.45, 2.75) is 44.9 Å². The molecule has 0 saturated carbocycles. The molecule has 31 heavy (non-hydrogen) atoms. The lowest BCUT2D eigenvalue weighted by molar-refractivity contribution is -0.121. The van der Waals surface area contributed by atoms with Gasteiger partial charge in [0, 0.05) is 47.9 Å². The summed E-state index contributed by atoms with van der Waals surface area (Å²) in [4.78, 5) is 34.3. The van der Waals surface area contributed by atoms with Crippen LogP contribution < -0.4 is 10.9 Å². The van der Waals surface area contributed by atoms with E-state index in [2.05, 4.69) is 15.3 Å². The minimum atomic E-state index is -0.157. The number of aryl methyl sites for hydroxylation is 3. The number of carbonyl (C=O) groups is 1. The fraction of sp³-hybridized carbons (Fsp3) is 0.435. The van der Waals surface area contributed by atoms with Gasteiger partial charge in [-0.2, -0.15) is 0 Å². The van der Waals surface area contributed by atoms with Gasteiger partial charge in [-0.15, -0.1) is 11.3 Å². The van der Waals surface area contributed by atoms with Crippen LogP contribution in [-0.4, -0.2) is 35.6 Å². The summed E-state index contributed by atoms with van der Waals surface area (Å²) in [7, 11) is 0. The summed E-state index contributed by atoms with van der Waals surface area (Å²) in [6.07, 6.45) is 2.35. The van der Waals surface area contributed by atoms with E-state index in [0.717, 1.165) is 28.1 Å². The molecule has 3 aromatic rings. The van der Waals surface area contributed by atoms with E-state index < -0.39 is 0 Å². The number of hydrogen-bond acceptors (Lipinski definition) is 5. The van der Waals surface area contributed by atoms with Crippen LogP contribution >= 0.6 is 22.9 Å². The lowest BCUT2D eigenvalue weighted by Crippen LogP contribution is -2.44. The largest absolute Gasteiger partial charge is 0.381 e. The smallest absolute Gasteiger partial charge is 0.259 e. The minimum Gasteiger partial charge on any atom is -0.381 e. The lowest BCUT2D eigenvalue weighted by atomic mass is 9.74. The van der Waals surface area contributed by atoms with Crippen molar-refractivity contribution in [3.8, 4) is 0 Å². The number of ether oxygens (including phenoxy) is 1.